The summed E-state index contributed by atoms with van der Waals surface area (Å²) in [5.74, 6) is -0.538. The van der Waals surface area contributed by atoms with E-state index in [2.05, 4.69) is 0 Å². The highest BCUT2D eigenvalue weighted by Gasteiger charge is 2.43. The van der Waals surface area contributed by atoms with Gasteiger partial charge in [0.1, 0.15) is 0 Å². The summed E-state index contributed by atoms with van der Waals surface area (Å²) < 4.78 is 15.8. The van der Waals surface area contributed by atoms with Crippen LogP contribution >= 0.6 is 0 Å². The van der Waals surface area contributed by atoms with E-state index in [0.717, 1.165) is 0 Å². The Balaban J connectivity index is 2.82. The van der Waals surface area contributed by atoms with Crippen molar-refractivity contribution < 1.29 is 23.8 Å². The summed E-state index contributed by atoms with van der Waals surface area (Å²) in [6.07, 6.45) is -1.39. The fraction of sp³-hybridized carbons (Fsp3) is 0.833. The molecule has 0 aromatic heterocycles. The SMILES string of the molecule is CC(=O)OC1[C@H](OC(C)=O)OC(C)[C@@H](C)[C@@H]1C. The zero-order valence-electron chi connectivity index (χ0n) is 10.9. The Bertz CT molecular complexity index is 301. The maximum atomic E-state index is 11.1. The summed E-state index contributed by atoms with van der Waals surface area (Å²) in [5.41, 5.74) is 0. The molecule has 1 saturated heterocycles. The van der Waals surface area contributed by atoms with Gasteiger partial charge in [-0.3, -0.25) is 9.59 Å². The van der Waals surface area contributed by atoms with Crippen LogP contribution in [0, 0.1) is 11.8 Å². The summed E-state index contributed by atoms with van der Waals surface area (Å²) in [6, 6.07) is 0. The van der Waals surface area contributed by atoms with Crippen LogP contribution < -0.4 is 0 Å². The smallest absolute Gasteiger partial charge is 0.305 e. The van der Waals surface area contributed by atoms with E-state index in [0.29, 0.717) is 0 Å². The van der Waals surface area contributed by atoms with Crippen molar-refractivity contribution in [2.24, 2.45) is 11.8 Å². The fourth-order valence-electron chi connectivity index (χ4n) is 2.00. The molecule has 5 atom stereocenters. The molecule has 0 radical (unpaired) electrons. The van der Waals surface area contributed by atoms with Crippen LogP contribution in [0.2, 0.25) is 0 Å². The van der Waals surface area contributed by atoms with Crippen LogP contribution in [0.1, 0.15) is 34.6 Å². The van der Waals surface area contributed by atoms with E-state index in [1.54, 1.807) is 0 Å². The Hall–Kier alpha value is -1.10. The molecule has 5 nitrogen and oxygen atoms in total. The number of esters is 2. The Labute approximate surface area is 101 Å². The summed E-state index contributed by atoms with van der Waals surface area (Å²) in [5, 5.41) is 0. The lowest BCUT2D eigenvalue weighted by molar-refractivity contribution is -0.263. The second kappa shape index (κ2) is 5.49. The number of rotatable bonds is 2. The molecule has 0 bridgehead atoms. The summed E-state index contributed by atoms with van der Waals surface area (Å²) in [4.78, 5) is 22.1. The number of ether oxygens (including phenoxy) is 3. The molecule has 0 spiro atoms. The van der Waals surface area contributed by atoms with Crippen LogP contribution in [0.15, 0.2) is 0 Å². The van der Waals surface area contributed by atoms with Crippen LogP contribution in [0.5, 0.6) is 0 Å². The molecule has 1 aliphatic rings. The maximum Gasteiger partial charge on any atom is 0.305 e. The van der Waals surface area contributed by atoms with Gasteiger partial charge in [-0.05, 0) is 12.8 Å². The van der Waals surface area contributed by atoms with Crippen molar-refractivity contribution in [1.82, 2.24) is 0 Å². The van der Waals surface area contributed by atoms with E-state index in [1.807, 2.05) is 20.8 Å². The zero-order chi connectivity index (χ0) is 13.2. The molecule has 0 amide bonds. The molecule has 5 heteroatoms. The zero-order valence-corrected chi connectivity index (χ0v) is 10.9. The first kappa shape index (κ1) is 14.0. The molecular weight excluding hydrogens is 224 g/mol. The molecule has 98 valence electrons. The Morgan fingerprint density at radius 3 is 1.94 bits per heavy atom. The minimum absolute atomic E-state index is 0.0406. The van der Waals surface area contributed by atoms with Gasteiger partial charge >= 0.3 is 11.9 Å². The third kappa shape index (κ3) is 3.43. The average Bonchev–Trinajstić information content (AvgIpc) is 2.20. The number of hydrogen-bond acceptors (Lipinski definition) is 5. The van der Waals surface area contributed by atoms with Crippen molar-refractivity contribution in [2.75, 3.05) is 0 Å². The van der Waals surface area contributed by atoms with Crippen LogP contribution in [-0.4, -0.2) is 30.4 Å². The van der Waals surface area contributed by atoms with Gasteiger partial charge in [0.2, 0.25) is 6.29 Å². The van der Waals surface area contributed by atoms with Crippen LogP contribution in [0.3, 0.4) is 0 Å². The quantitative estimate of drug-likeness (QED) is 0.689. The lowest BCUT2D eigenvalue weighted by Gasteiger charge is -2.42. The third-order valence-corrected chi connectivity index (χ3v) is 3.29. The highest BCUT2D eigenvalue weighted by atomic mass is 16.7. The minimum atomic E-state index is -0.808. The molecule has 2 unspecified atom stereocenters. The van der Waals surface area contributed by atoms with E-state index in [9.17, 15) is 9.59 Å². The van der Waals surface area contributed by atoms with Gasteiger partial charge in [-0.1, -0.05) is 13.8 Å². The van der Waals surface area contributed by atoms with Crippen molar-refractivity contribution in [3.8, 4) is 0 Å². The Morgan fingerprint density at radius 2 is 1.47 bits per heavy atom. The van der Waals surface area contributed by atoms with Gasteiger partial charge in [-0.25, -0.2) is 0 Å². The van der Waals surface area contributed by atoms with E-state index < -0.39 is 24.3 Å². The summed E-state index contributed by atoms with van der Waals surface area (Å²) in [6.45, 7) is 8.55. The van der Waals surface area contributed by atoms with E-state index >= 15 is 0 Å². The molecule has 1 heterocycles. The van der Waals surface area contributed by atoms with Gasteiger partial charge in [0.15, 0.2) is 6.10 Å². The second-order valence-corrected chi connectivity index (χ2v) is 4.61. The average molecular weight is 244 g/mol. The van der Waals surface area contributed by atoms with Gasteiger partial charge < -0.3 is 14.2 Å². The lowest BCUT2D eigenvalue weighted by Crippen LogP contribution is -2.51. The topological polar surface area (TPSA) is 61.8 Å². The van der Waals surface area contributed by atoms with Crippen LogP contribution in [0.4, 0.5) is 0 Å². The molecule has 0 aromatic carbocycles. The first-order valence-corrected chi connectivity index (χ1v) is 5.82. The molecule has 1 aliphatic heterocycles. The molecule has 1 rings (SSSR count). The number of carbonyl (C=O) groups excluding carboxylic acids is 2. The van der Waals surface area contributed by atoms with Crippen molar-refractivity contribution in [1.29, 1.82) is 0 Å². The van der Waals surface area contributed by atoms with E-state index in [4.69, 9.17) is 14.2 Å². The van der Waals surface area contributed by atoms with Gasteiger partial charge in [-0.2, -0.15) is 0 Å². The minimum Gasteiger partial charge on any atom is -0.456 e. The summed E-state index contributed by atoms with van der Waals surface area (Å²) >= 11 is 0. The highest BCUT2D eigenvalue weighted by molar-refractivity contribution is 5.67. The third-order valence-electron chi connectivity index (χ3n) is 3.29. The van der Waals surface area contributed by atoms with Gasteiger partial charge in [0, 0.05) is 19.8 Å². The molecule has 17 heavy (non-hydrogen) atoms. The number of hydrogen-bond donors (Lipinski definition) is 0. The maximum absolute atomic E-state index is 11.1. The monoisotopic (exact) mass is 244 g/mol. The van der Waals surface area contributed by atoms with E-state index in [1.165, 1.54) is 13.8 Å². The van der Waals surface area contributed by atoms with E-state index in [-0.39, 0.29) is 17.9 Å². The second-order valence-electron chi connectivity index (χ2n) is 4.61. The Morgan fingerprint density at radius 1 is 0.941 bits per heavy atom. The first-order chi connectivity index (χ1) is 7.82. The molecular formula is C12H20O5. The van der Waals surface area contributed by atoms with Crippen molar-refractivity contribution in [3.63, 3.8) is 0 Å². The normalized spacial score (nSPS) is 37.4. The predicted molar refractivity (Wildman–Crippen MR) is 60.0 cm³/mol. The lowest BCUT2D eigenvalue weighted by atomic mass is 9.84. The highest BCUT2D eigenvalue weighted by Crippen LogP contribution is 2.33. The fourth-order valence-corrected chi connectivity index (χ4v) is 2.00. The van der Waals surface area contributed by atoms with Crippen molar-refractivity contribution in [2.45, 2.75) is 53.1 Å². The Kier molecular flexibility index (Phi) is 4.51. The molecule has 0 aliphatic carbocycles. The molecule has 1 fully saturated rings. The van der Waals surface area contributed by atoms with Crippen molar-refractivity contribution in [3.05, 3.63) is 0 Å². The summed E-state index contributed by atoms with van der Waals surface area (Å²) in [7, 11) is 0. The van der Waals surface area contributed by atoms with Gasteiger partial charge in [-0.15, -0.1) is 0 Å². The van der Waals surface area contributed by atoms with Crippen molar-refractivity contribution >= 4 is 11.9 Å². The molecule has 0 saturated carbocycles. The standard InChI is InChI=1S/C12H20O5/c1-6-7(2)11(16-9(4)13)12(15-8(6)3)17-10(5)14/h6-8,11-12H,1-5H3/t6-,7-,8?,11?,12-/m0/s1. The molecule has 0 aromatic rings. The van der Waals surface area contributed by atoms with Gasteiger partial charge in [0.05, 0.1) is 6.10 Å². The predicted octanol–water partition coefficient (Wildman–Crippen LogP) is 1.50. The molecule has 0 N–H and O–H groups in total. The number of carbonyl (C=O) groups is 2. The van der Waals surface area contributed by atoms with Gasteiger partial charge in [0.25, 0.3) is 0 Å². The van der Waals surface area contributed by atoms with Crippen LogP contribution in [-0.2, 0) is 23.8 Å². The largest absolute Gasteiger partial charge is 0.456 e. The first-order valence-electron chi connectivity index (χ1n) is 5.82. The van der Waals surface area contributed by atoms with Crippen LogP contribution in [0.25, 0.3) is 0 Å².